The van der Waals surface area contributed by atoms with E-state index < -0.39 is 0 Å². The van der Waals surface area contributed by atoms with Crippen LogP contribution >= 0.6 is 0 Å². The molecule has 3 N–H and O–H groups in total. The van der Waals surface area contributed by atoms with E-state index in [9.17, 15) is 9.90 Å². The number of anilines is 1. The SMILES string of the molecule is COc1ccc(N)cc1C(=O)N1CCC[C@@H]1CO. The monoisotopic (exact) mass is 250 g/mol. The fourth-order valence-electron chi connectivity index (χ4n) is 2.34. The number of nitrogens with two attached hydrogens (primary N) is 1. The van der Waals surface area contributed by atoms with Gasteiger partial charge in [0, 0.05) is 12.2 Å². The molecular weight excluding hydrogens is 232 g/mol. The molecule has 1 amide bonds. The van der Waals surface area contributed by atoms with Crippen molar-refractivity contribution in [2.24, 2.45) is 0 Å². The summed E-state index contributed by atoms with van der Waals surface area (Å²) in [6.07, 6.45) is 1.76. The molecule has 1 aromatic rings. The van der Waals surface area contributed by atoms with E-state index in [1.807, 2.05) is 0 Å². The normalized spacial score (nSPS) is 19.0. The van der Waals surface area contributed by atoms with Crippen molar-refractivity contribution < 1.29 is 14.6 Å². The van der Waals surface area contributed by atoms with Gasteiger partial charge in [0.15, 0.2) is 0 Å². The van der Waals surface area contributed by atoms with Gasteiger partial charge in [0.2, 0.25) is 0 Å². The molecule has 0 saturated carbocycles. The van der Waals surface area contributed by atoms with Gasteiger partial charge in [0.25, 0.3) is 5.91 Å². The van der Waals surface area contributed by atoms with E-state index in [-0.39, 0.29) is 18.6 Å². The summed E-state index contributed by atoms with van der Waals surface area (Å²) in [4.78, 5) is 14.1. The van der Waals surface area contributed by atoms with Crippen LogP contribution in [0.3, 0.4) is 0 Å². The Morgan fingerprint density at radius 2 is 2.39 bits per heavy atom. The number of hydrogen-bond donors (Lipinski definition) is 2. The summed E-state index contributed by atoms with van der Waals surface area (Å²) in [7, 11) is 1.52. The zero-order chi connectivity index (χ0) is 13.1. The maximum absolute atomic E-state index is 12.4. The number of ether oxygens (including phenoxy) is 1. The molecule has 0 spiro atoms. The molecule has 0 aliphatic carbocycles. The van der Waals surface area contributed by atoms with Gasteiger partial charge >= 0.3 is 0 Å². The van der Waals surface area contributed by atoms with Gasteiger partial charge in [-0.25, -0.2) is 0 Å². The van der Waals surface area contributed by atoms with Gasteiger partial charge in [-0.05, 0) is 31.0 Å². The maximum Gasteiger partial charge on any atom is 0.258 e. The topological polar surface area (TPSA) is 75.8 Å². The van der Waals surface area contributed by atoms with Crippen LogP contribution in [0.5, 0.6) is 5.75 Å². The van der Waals surface area contributed by atoms with Gasteiger partial charge in [-0.3, -0.25) is 4.79 Å². The Morgan fingerprint density at radius 3 is 3.06 bits per heavy atom. The molecule has 1 aliphatic heterocycles. The Hall–Kier alpha value is -1.75. The van der Waals surface area contributed by atoms with E-state index in [2.05, 4.69) is 0 Å². The minimum Gasteiger partial charge on any atom is -0.496 e. The molecule has 1 aromatic carbocycles. The number of rotatable bonds is 3. The lowest BCUT2D eigenvalue weighted by molar-refractivity contribution is 0.0674. The summed E-state index contributed by atoms with van der Waals surface area (Å²) in [5.41, 5.74) is 6.69. The van der Waals surface area contributed by atoms with Crippen LogP contribution in [0.25, 0.3) is 0 Å². The van der Waals surface area contributed by atoms with Crippen LogP contribution in [0.1, 0.15) is 23.2 Å². The third-order valence-corrected chi connectivity index (χ3v) is 3.30. The van der Waals surface area contributed by atoms with E-state index in [1.165, 1.54) is 7.11 Å². The molecule has 5 heteroatoms. The zero-order valence-electron chi connectivity index (χ0n) is 10.4. The second kappa shape index (κ2) is 5.27. The summed E-state index contributed by atoms with van der Waals surface area (Å²) < 4.78 is 5.18. The van der Waals surface area contributed by atoms with Crippen molar-refractivity contribution in [2.45, 2.75) is 18.9 Å². The third-order valence-electron chi connectivity index (χ3n) is 3.30. The quantitative estimate of drug-likeness (QED) is 0.781. The second-order valence-electron chi connectivity index (χ2n) is 4.44. The number of carbonyl (C=O) groups is 1. The average Bonchev–Trinajstić information content (AvgIpc) is 2.86. The van der Waals surface area contributed by atoms with Crippen molar-refractivity contribution in [1.82, 2.24) is 4.90 Å². The second-order valence-corrected chi connectivity index (χ2v) is 4.44. The largest absolute Gasteiger partial charge is 0.496 e. The molecule has 1 heterocycles. The highest BCUT2D eigenvalue weighted by molar-refractivity contribution is 5.98. The first-order valence-corrected chi connectivity index (χ1v) is 6.02. The number of likely N-dealkylation sites (tertiary alicyclic amines) is 1. The molecule has 1 fully saturated rings. The highest BCUT2D eigenvalue weighted by Crippen LogP contribution is 2.26. The minimum atomic E-state index is -0.129. The van der Waals surface area contributed by atoms with Crippen LogP contribution in [0.4, 0.5) is 5.69 Å². The molecule has 98 valence electrons. The molecule has 18 heavy (non-hydrogen) atoms. The number of aliphatic hydroxyl groups is 1. The molecule has 1 atom stereocenters. The number of nitrogens with zero attached hydrogens (tertiary/aromatic N) is 1. The number of amides is 1. The van der Waals surface area contributed by atoms with Crippen LogP contribution in [0.15, 0.2) is 18.2 Å². The van der Waals surface area contributed by atoms with E-state index in [0.717, 1.165) is 12.8 Å². The van der Waals surface area contributed by atoms with Crippen molar-refractivity contribution in [3.8, 4) is 5.75 Å². The Balaban J connectivity index is 2.30. The van der Waals surface area contributed by atoms with Crippen LogP contribution < -0.4 is 10.5 Å². The molecule has 0 unspecified atom stereocenters. The number of nitrogen functional groups attached to an aromatic ring is 1. The molecule has 1 saturated heterocycles. The molecule has 5 nitrogen and oxygen atoms in total. The van der Waals surface area contributed by atoms with Crippen LogP contribution in [-0.4, -0.2) is 42.2 Å². The predicted molar refractivity (Wildman–Crippen MR) is 68.6 cm³/mol. The Kier molecular flexibility index (Phi) is 3.72. The lowest BCUT2D eigenvalue weighted by Crippen LogP contribution is -2.37. The number of carbonyl (C=O) groups excluding carboxylic acids is 1. The summed E-state index contributed by atoms with van der Waals surface area (Å²) in [5, 5.41) is 9.26. The van der Waals surface area contributed by atoms with Crippen LogP contribution in [0, 0.1) is 0 Å². The highest BCUT2D eigenvalue weighted by atomic mass is 16.5. The number of methoxy groups -OCH3 is 1. The van der Waals surface area contributed by atoms with E-state index in [0.29, 0.717) is 23.5 Å². The first-order valence-electron chi connectivity index (χ1n) is 6.02. The fourth-order valence-corrected chi connectivity index (χ4v) is 2.34. The third kappa shape index (κ3) is 2.26. The number of aliphatic hydroxyl groups excluding tert-OH is 1. The van der Waals surface area contributed by atoms with Gasteiger partial charge in [-0.2, -0.15) is 0 Å². The maximum atomic E-state index is 12.4. The highest BCUT2D eigenvalue weighted by Gasteiger charge is 2.30. The molecule has 0 radical (unpaired) electrons. The standard InChI is InChI=1S/C13H18N2O3/c1-18-12-5-4-9(14)7-11(12)13(17)15-6-2-3-10(15)8-16/h4-5,7,10,16H,2-3,6,8,14H2,1H3/t10-/m1/s1. The first kappa shape index (κ1) is 12.7. The van der Waals surface area contributed by atoms with Crippen molar-refractivity contribution >= 4 is 11.6 Å². The first-order chi connectivity index (χ1) is 8.67. The lowest BCUT2D eigenvalue weighted by atomic mass is 10.1. The number of hydrogen-bond acceptors (Lipinski definition) is 4. The Bertz CT molecular complexity index is 448. The summed E-state index contributed by atoms with van der Waals surface area (Å²) >= 11 is 0. The van der Waals surface area contributed by atoms with Crippen molar-refractivity contribution in [2.75, 3.05) is 26.0 Å². The minimum absolute atomic E-state index is 0.00360. The molecule has 0 bridgehead atoms. The van der Waals surface area contributed by atoms with Gasteiger partial charge in [-0.15, -0.1) is 0 Å². The fraction of sp³-hybridized carbons (Fsp3) is 0.462. The van der Waals surface area contributed by atoms with Gasteiger partial charge < -0.3 is 20.5 Å². The van der Waals surface area contributed by atoms with Crippen molar-refractivity contribution in [3.05, 3.63) is 23.8 Å². The summed E-state index contributed by atoms with van der Waals surface area (Å²) in [6.45, 7) is 0.665. The van der Waals surface area contributed by atoms with Gasteiger partial charge in [0.1, 0.15) is 5.75 Å². The van der Waals surface area contributed by atoms with E-state index in [1.54, 1.807) is 23.1 Å². The lowest BCUT2D eigenvalue weighted by Gasteiger charge is -2.24. The van der Waals surface area contributed by atoms with Crippen molar-refractivity contribution in [1.29, 1.82) is 0 Å². The molecule has 2 rings (SSSR count). The van der Waals surface area contributed by atoms with Crippen LogP contribution in [-0.2, 0) is 0 Å². The van der Waals surface area contributed by atoms with Crippen LogP contribution in [0.2, 0.25) is 0 Å². The predicted octanol–water partition coefficient (Wildman–Crippen LogP) is 0.874. The van der Waals surface area contributed by atoms with Crippen molar-refractivity contribution in [3.63, 3.8) is 0 Å². The van der Waals surface area contributed by atoms with E-state index in [4.69, 9.17) is 10.5 Å². The molecular formula is C13H18N2O3. The zero-order valence-corrected chi connectivity index (χ0v) is 10.4. The summed E-state index contributed by atoms with van der Waals surface area (Å²) in [6, 6.07) is 4.91. The Labute approximate surface area is 106 Å². The number of benzene rings is 1. The average molecular weight is 250 g/mol. The Morgan fingerprint density at radius 1 is 1.61 bits per heavy atom. The smallest absolute Gasteiger partial charge is 0.258 e. The molecule has 0 aromatic heterocycles. The summed E-state index contributed by atoms with van der Waals surface area (Å²) in [5.74, 6) is 0.383. The van der Waals surface area contributed by atoms with Gasteiger partial charge in [0.05, 0.1) is 25.3 Å². The van der Waals surface area contributed by atoms with E-state index >= 15 is 0 Å². The van der Waals surface area contributed by atoms with Gasteiger partial charge in [-0.1, -0.05) is 0 Å². The molecule has 1 aliphatic rings.